The van der Waals surface area contributed by atoms with Gasteiger partial charge in [-0.05, 0) is 36.8 Å². The third kappa shape index (κ3) is 7.36. The van der Waals surface area contributed by atoms with Crippen molar-refractivity contribution >= 4 is 40.6 Å². The summed E-state index contributed by atoms with van der Waals surface area (Å²) in [5.41, 5.74) is -0.870. The maximum absolute atomic E-state index is 13.7. The Morgan fingerprint density at radius 3 is 2.31 bits per heavy atom. The minimum absolute atomic E-state index is 0.130. The maximum atomic E-state index is 13.7. The lowest BCUT2D eigenvalue weighted by molar-refractivity contribution is -0.142. The smallest absolute Gasteiger partial charge is 0.331 e. The Labute approximate surface area is 257 Å². The molecular formula is C30H36N6O9. The summed E-state index contributed by atoms with van der Waals surface area (Å²) in [4.78, 5) is 94.7. The summed E-state index contributed by atoms with van der Waals surface area (Å²) in [6.45, 7) is 5.76. The molecule has 3 amide bonds. The number of carboxylic acid groups (broad SMARTS) is 1. The summed E-state index contributed by atoms with van der Waals surface area (Å²) in [7, 11) is 0. The molecule has 1 fully saturated rings. The second kappa shape index (κ2) is 13.7. The SMILES string of the molecule is CC(C)[C@H](NC(=O)[C@@H]1CCCN1C(=O)[C@@H](NC(=O)Cn1ccc(=O)n(CC(=O)O)c1=O)C(C)C)C(=O)c1nc2ccccc2o1. The predicted octanol–water partition coefficient (Wildman–Crippen LogP) is 0.391. The van der Waals surface area contributed by atoms with Gasteiger partial charge in [0.1, 0.15) is 30.7 Å². The van der Waals surface area contributed by atoms with Gasteiger partial charge >= 0.3 is 11.7 Å². The number of rotatable bonds is 12. The summed E-state index contributed by atoms with van der Waals surface area (Å²) in [5, 5.41) is 14.4. The molecule has 0 unspecified atom stereocenters. The Balaban J connectivity index is 1.46. The number of hydrogen-bond acceptors (Lipinski definition) is 9. The number of likely N-dealkylation sites (tertiary alicyclic amines) is 1. The Morgan fingerprint density at radius 2 is 1.67 bits per heavy atom. The second-order valence-electron chi connectivity index (χ2n) is 11.6. The number of aromatic nitrogens is 3. The van der Waals surface area contributed by atoms with E-state index in [1.807, 2.05) is 0 Å². The summed E-state index contributed by atoms with van der Waals surface area (Å²) in [6, 6.07) is 4.96. The van der Waals surface area contributed by atoms with Gasteiger partial charge in [0.15, 0.2) is 5.58 Å². The van der Waals surface area contributed by atoms with E-state index in [0.29, 0.717) is 28.5 Å². The average molecular weight is 625 g/mol. The molecule has 15 heteroatoms. The first kappa shape index (κ1) is 32.8. The fourth-order valence-corrected chi connectivity index (χ4v) is 5.22. The van der Waals surface area contributed by atoms with Crippen molar-refractivity contribution in [3.05, 3.63) is 63.3 Å². The van der Waals surface area contributed by atoms with Gasteiger partial charge in [-0.3, -0.25) is 33.3 Å². The van der Waals surface area contributed by atoms with E-state index in [9.17, 15) is 33.6 Å². The van der Waals surface area contributed by atoms with Gasteiger partial charge in [-0.1, -0.05) is 39.8 Å². The Kier molecular flexibility index (Phi) is 9.99. The number of hydrogen-bond donors (Lipinski definition) is 3. The van der Waals surface area contributed by atoms with Gasteiger partial charge in [-0.15, -0.1) is 0 Å². The summed E-state index contributed by atoms with van der Waals surface area (Å²) < 4.78 is 6.97. The number of oxazole rings is 1. The molecule has 0 radical (unpaired) electrons. The standard InChI is InChI=1S/C30H36N6O9/c1-16(2)24(26(41)28-31-18-8-5-6-10-20(18)45-28)33-27(42)19-9-7-12-35(19)29(43)25(17(3)4)32-21(37)14-34-13-11-22(38)36(30(34)44)15-23(39)40/h5-6,8,10-11,13,16-17,19,24-25H,7,9,12,14-15H2,1-4H3,(H,32,37)(H,33,42)(H,39,40)/t19-,24-,25-/m0/s1. The maximum Gasteiger partial charge on any atom is 0.331 e. The van der Waals surface area contributed by atoms with Crippen LogP contribution in [0.4, 0.5) is 0 Å². The molecule has 1 aromatic carbocycles. The van der Waals surface area contributed by atoms with Gasteiger partial charge in [0.25, 0.3) is 11.4 Å². The van der Waals surface area contributed by atoms with Crippen molar-refractivity contribution in [2.45, 2.75) is 71.8 Å². The molecule has 3 heterocycles. The summed E-state index contributed by atoms with van der Waals surface area (Å²) in [5.74, 6) is -4.52. The van der Waals surface area contributed by atoms with E-state index in [0.717, 1.165) is 16.8 Å². The Bertz CT molecular complexity index is 1700. The Hall–Kier alpha value is -5.08. The van der Waals surface area contributed by atoms with E-state index in [-0.39, 0.29) is 18.4 Å². The van der Waals surface area contributed by atoms with Crippen molar-refractivity contribution in [1.29, 1.82) is 0 Å². The molecule has 3 aromatic rings. The molecular weight excluding hydrogens is 588 g/mol. The number of carbonyl (C=O) groups is 5. The van der Waals surface area contributed by atoms with Crippen LogP contribution in [0.2, 0.25) is 0 Å². The molecule has 1 saturated heterocycles. The lowest BCUT2D eigenvalue weighted by atomic mass is 9.98. The van der Waals surface area contributed by atoms with Crippen molar-refractivity contribution in [3.63, 3.8) is 0 Å². The second-order valence-corrected chi connectivity index (χ2v) is 11.6. The molecule has 2 aromatic heterocycles. The zero-order chi connectivity index (χ0) is 33.0. The van der Waals surface area contributed by atoms with Gasteiger partial charge in [-0.2, -0.15) is 0 Å². The number of nitrogens with one attached hydrogen (secondary N) is 2. The number of ketones is 1. The van der Waals surface area contributed by atoms with Crippen LogP contribution in [0, 0.1) is 11.8 Å². The van der Waals surface area contributed by atoms with Crippen molar-refractivity contribution in [2.75, 3.05) is 6.54 Å². The quantitative estimate of drug-likeness (QED) is 0.237. The number of carboxylic acids is 1. The van der Waals surface area contributed by atoms with Gasteiger partial charge < -0.3 is 25.1 Å². The fraction of sp³-hybridized carbons (Fsp3) is 0.467. The first-order valence-electron chi connectivity index (χ1n) is 14.6. The Morgan fingerprint density at radius 1 is 0.978 bits per heavy atom. The number of Topliss-reactive ketones (excluding diaryl/α,β-unsaturated/α-hetero) is 1. The van der Waals surface area contributed by atoms with Crippen molar-refractivity contribution < 1.29 is 33.5 Å². The lowest BCUT2D eigenvalue weighted by Crippen LogP contribution is -2.57. The number of para-hydroxylation sites is 2. The number of amides is 3. The number of fused-ring (bicyclic) bond motifs is 1. The molecule has 240 valence electrons. The zero-order valence-electron chi connectivity index (χ0n) is 25.4. The van der Waals surface area contributed by atoms with Crippen LogP contribution in [0.3, 0.4) is 0 Å². The van der Waals surface area contributed by atoms with Crippen molar-refractivity contribution in [2.24, 2.45) is 11.8 Å². The highest BCUT2D eigenvalue weighted by Gasteiger charge is 2.40. The van der Waals surface area contributed by atoms with Crippen LogP contribution < -0.4 is 21.9 Å². The predicted molar refractivity (Wildman–Crippen MR) is 159 cm³/mol. The molecule has 0 saturated carbocycles. The molecule has 4 rings (SSSR count). The van der Waals surface area contributed by atoms with E-state index < -0.39 is 77.9 Å². The first-order valence-corrected chi connectivity index (χ1v) is 14.6. The van der Waals surface area contributed by atoms with Crippen LogP contribution in [0.5, 0.6) is 0 Å². The van der Waals surface area contributed by atoms with E-state index in [1.165, 1.54) is 4.90 Å². The van der Waals surface area contributed by atoms with Gasteiger partial charge in [0.2, 0.25) is 23.5 Å². The first-order chi connectivity index (χ1) is 21.3. The van der Waals surface area contributed by atoms with Crippen LogP contribution in [0.25, 0.3) is 11.1 Å². The normalized spacial score (nSPS) is 16.1. The van der Waals surface area contributed by atoms with E-state index in [4.69, 9.17) is 9.52 Å². The molecule has 3 atom stereocenters. The zero-order valence-corrected chi connectivity index (χ0v) is 25.4. The van der Waals surface area contributed by atoms with Crippen LogP contribution in [0.15, 0.2) is 50.5 Å². The summed E-state index contributed by atoms with van der Waals surface area (Å²) in [6.07, 6.45) is 1.94. The topological polar surface area (TPSA) is 203 Å². The number of aliphatic carboxylic acids is 1. The molecule has 0 aliphatic carbocycles. The van der Waals surface area contributed by atoms with Gasteiger partial charge in [0, 0.05) is 18.8 Å². The van der Waals surface area contributed by atoms with Crippen LogP contribution in [0.1, 0.15) is 51.2 Å². The van der Waals surface area contributed by atoms with Gasteiger partial charge in [0.05, 0.1) is 6.04 Å². The minimum atomic E-state index is -1.40. The molecule has 15 nitrogen and oxygen atoms in total. The molecule has 45 heavy (non-hydrogen) atoms. The number of carbonyl (C=O) groups excluding carboxylic acids is 4. The highest BCUT2D eigenvalue weighted by atomic mass is 16.4. The monoisotopic (exact) mass is 624 g/mol. The fourth-order valence-electron chi connectivity index (χ4n) is 5.22. The molecule has 1 aliphatic heterocycles. The highest BCUT2D eigenvalue weighted by molar-refractivity contribution is 6.01. The van der Waals surface area contributed by atoms with Crippen molar-refractivity contribution in [3.8, 4) is 0 Å². The average Bonchev–Trinajstić information content (AvgIpc) is 3.65. The van der Waals surface area contributed by atoms with E-state index in [1.54, 1.807) is 52.0 Å². The summed E-state index contributed by atoms with van der Waals surface area (Å²) >= 11 is 0. The molecule has 0 bridgehead atoms. The number of benzene rings is 1. The number of nitrogens with zero attached hydrogens (tertiary/aromatic N) is 4. The van der Waals surface area contributed by atoms with Crippen LogP contribution in [-0.4, -0.2) is 78.3 Å². The third-order valence-corrected chi connectivity index (χ3v) is 7.59. The molecule has 0 spiro atoms. The highest BCUT2D eigenvalue weighted by Crippen LogP contribution is 2.22. The minimum Gasteiger partial charge on any atom is -0.480 e. The molecule has 3 N–H and O–H groups in total. The molecule has 1 aliphatic rings. The van der Waals surface area contributed by atoms with Crippen molar-refractivity contribution in [1.82, 2.24) is 29.7 Å². The third-order valence-electron chi connectivity index (χ3n) is 7.59. The van der Waals surface area contributed by atoms with Crippen LogP contribution in [-0.2, 0) is 32.3 Å². The largest absolute Gasteiger partial charge is 0.480 e. The lowest BCUT2D eigenvalue weighted by Gasteiger charge is -2.31. The van der Waals surface area contributed by atoms with E-state index in [2.05, 4.69) is 15.6 Å². The van der Waals surface area contributed by atoms with Gasteiger partial charge in [-0.25, -0.2) is 14.3 Å². The van der Waals surface area contributed by atoms with Crippen LogP contribution >= 0.6 is 0 Å². The van der Waals surface area contributed by atoms with E-state index >= 15 is 0 Å².